The maximum atomic E-state index is 11.7. The predicted octanol–water partition coefficient (Wildman–Crippen LogP) is 0.834. The van der Waals surface area contributed by atoms with Gasteiger partial charge in [0.15, 0.2) is 0 Å². The van der Waals surface area contributed by atoms with E-state index in [1.165, 1.54) is 0 Å². The van der Waals surface area contributed by atoms with E-state index in [1.54, 1.807) is 5.54 Å². The molecule has 0 bridgehead atoms. The third-order valence-electron chi connectivity index (χ3n) is 1.19. The van der Waals surface area contributed by atoms with E-state index in [0.29, 0.717) is 12.5 Å². The van der Waals surface area contributed by atoms with Gasteiger partial charge in [0.1, 0.15) is 0 Å². The molecule has 0 radical (unpaired) electrons. The number of nitrogens with two attached hydrogens (primary N) is 1. The second-order valence-electron chi connectivity index (χ2n) is 2.67. The van der Waals surface area contributed by atoms with Gasteiger partial charge in [-0.2, -0.15) is 5.54 Å². The van der Waals surface area contributed by atoms with Crippen molar-refractivity contribution in [3.05, 3.63) is 0 Å². The molecule has 0 spiro atoms. The zero-order valence-electron chi connectivity index (χ0n) is 6.02. The standard InChI is InChI=1S/C6H15FN2/c1-5(2)3-6(4-8)9-7/h5-6,9H,3-4,8H2,1-2H3. The molecular weight excluding hydrogens is 119 g/mol. The summed E-state index contributed by atoms with van der Waals surface area (Å²) in [4.78, 5) is 0. The molecule has 0 aromatic rings. The second kappa shape index (κ2) is 4.70. The van der Waals surface area contributed by atoms with Crippen molar-refractivity contribution in [2.75, 3.05) is 6.54 Å². The zero-order chi connectivity index (χ0) is 7.28. The summed E-state index contributed by atoms with van der Waals surface area (Å²) in [5.74, 6) is 0.502. The predicted molar refractivity (Wildman–Crippen MR) is 36.5 cm³/mol. The van der Waals surface area contributed by atoms with Crippen LogP contribution in [0, 0.1) is 5.92 Å². The number of rotatable bonds is 4. The van der Waals surface area contributed by atoms with Gasteiger partial charge in [0, 0.05) is 12.6 Å². The van der Waals surface area contributed by atoms with E-state index in [0.717, 1.165) is 6.42 Å². The highest BCUT2D eigenvalue weighted by atomic mass is 19.2. The van der Waals surface area contributed by atoms with Crippen molar-refractivity contribution in [1.29, 1.82) is 0 Å². The molecule has 9 heavy (non-hydrogen) atoms. The van der Waals surface area contributed by atoms with Gasteiger partial charge in [-0.3, -0.25) is 0 Å². The van der Waals surface area contributed by atoms with E-state index in [2.05, 4.69) is 0 Å². The number of halogens is 1. The normalized spacial score (nSPS) is 14.3. The topological polar surface area (TPSA) is 38.0 Å². The van der Waals surface area contributed by atoms with Gasteiger partial charge < -0.3 is 5.73 Å². The van der Waals surface area contributed by atoms with E-state index in [9.17, 15) is 4.48 Å². The molecule has 3 N–H and O–H groups in total. The van der Waals surface area contributed by atoms with Crippen molar-refractivity contribution in [2.45, 2.75) is 26.3 Å². The van der Waals surface area contributed by atoms with Crippen molar-refractivity contribution >= 4 is 0 Å². The maximum Gasteiger partial charge on any atom is 0.0496 e. The lowest BCUT2D eigenvalue weighted by atomic mass is 10.1. The van der Waals surface area contributed by atoms with Gasteiger partial charge >= 0.3 is 0 Å². The molecule has 2 nitrogen and oxygen atoms in total. The third-order valence-corrected chi connectivity index (χ3v) is 1.19. The lowest BCUT2D eigenvalue weighted by Gasteiger charge is -2.12. The van der Waals surface area contributed by atoms with Crippen molar-refractivity contribution in [1.82, 2.24) is 5.54 Å². The first kappa shape index (κ1) is 8.85. The summed E-state index contributed by atoms with van der Waals surface area (Å²) in [6.45, 7) is 4.45. The molecular formula is C6H15FN2. The smallest absolute Gasteiger partial charge is 0.0496 e. The van der Waals surface area contributed by atoms with Gasteiger partial charge in [-0.05, 0) is 12.3 Å². The lowest BCUT2D eigenvalue weighted by molar-refractivity contribution is 0.249. The van der Waals surface area contributed by atoms with E-state index in [4.69, 9.17) is 5.73 Å². The van der Waals surface area contributed by atoms with Crippen LogP contribution in [0.4, 0.5) is 4.48 Å². The van der Waals surface area contributed by atoms with E-state index < -0.39 is 0 Å². The molecule has 0 saturated heterocycles. The fraction of sp³-hybridized carbons (Fsp3) is 1.00. The summed E-state index contributed by atoms with van der Waals surface area (Å²) in [6.07, 6.45) is 0.799. The Labute approximate surface area is 55.6 Å². The van der Waals surface area contributed by atoms with Gasteiger partial charge in [-0.15, -0.1) is 4.48 Å². The molecule has 0 fully saturated rings. The summed E-state index contributed by atoms with van der Waals surface area (Å²) in [5, 5.41) is 0. The number of nitrogens with one attached hydrogen (secondary N) is 1. The summed E-state index contributed by atoms with van der Waals surface area (Å²) in [6, 6.07) is -0.162. The average molecular weight is 134 g/mol. The molecule has 1 unspecified atom stereocenters. The first-order chi connectivity index (χ1) is 4.20. The fourth-order valence-electron chi connectivity index (χ4n) is 0.754. The van der Waals surface area contributed by atoms with Crippen LogP contribution in [0.3, 0.4) is 0 Å². The molecule has 1 atom stereocenters. The SMILES string of the molecule is CC(C)CC(CN)NF. The zero-order valence-corrected chi connectivity index (χ0v) is 6.02. The van der Waals surface area contributed by atoms with E-state index in [1.807, 2.05) is 13.8 Å². The van der Waals surface area contributed by atoms with E-state index in [-0.39, 0.29) is 6.04 Å². The molecule has 0 heterocycles. The van der Waals surface area contributed by atoms with Crippen LogP contribution in [0.25, 0.3) is 0 Å². The summed E-state index contributed by atoms with van der Waals surface area (Å²) in [5.41, 5.74) is 6.89. The highest BCUT2D eigenvalue weighted by Crippen LogP contribution is 2.02. The quantitative estimate of drug-likeness (QED) is 0.559. The first-order valence-corrected chi connectivity index (χ1v) is 3.27. The number of hydrogen-bond acceptors (Lipinski definition) is 2. The highest BCUT2D eigenvalue weighted by molar-refractivity contribution is 4.63. The first-order valence-electron chi connectivity index (χ1n) is 3.27. The van der Waals surface area contributed by atoms with Crippen LogP contribution in [0.2, 0.25) is 0 Å². The van der Waals surface area contributed by atoms with Crippen LogP contribution in [0.5, 0.6) is 0 Å². The van der Waals surface area contributed by atoms with Crippen LogP contribution < -0.4 is 11.3 Å². The van der Waals surface area contributed by atoms with Gasteiger partial charge in [0.2, 0.25) is 0 Å². The lowest BCUT2D eigenvalue weighted by Crippen LogP contribution is -2.31. The molecule has 0 saturated carbocycles. The monoisotopic (exact) mass is 134 g/mol. The van der Waals surface area contributed by atoms with Gasteiger partial charge in [0.25, 0.3) is 0 Å². The maximum absolute atomic E-state index is 11.7. The Morgan fingerprint density at radius 2 is 2.11 bits per heavy atom. The largest absolute Gasteiger partial charge is 0.329 e. The fourth-order valence-corrected chi connectivity index (χ4v) is 0.754. The Bertz CT molecular complexity index is 62.1. The minimum absolute atomic E-state index is 0.162. The average Bonchev–Trinajstić information content (AvgIpc) is 1.82. The molecule has 0 aromatic heterocycles. The molecule has 0 aliphatic rings. The van der Waals surface area contributed by atoms with Crippen molar-refractivity contribution in [2.24, 2.45) is 11.7 Å². The minimum atomic E-state index is -0.162. The van der Waals surface area contributed by atoms with Crippen molar-refractivity contribution in [3.63, 3.8) is 0 Å². The van der Waals surface area contributed by atoms with E-state index >= 15 is 0 Å². The molecule has 3 heteroatoms. The summed E-state index contributed by atoms with van der Waals surface area (Å²) >= 11 is 0. The van der Waals surface area contributed by atoms with Crippen LogP contribution in [-0.4, -0.2) is 12.6 Å². The minimum Gasteiger partial charge on any atom is -0.329 e. The Kier molecular flexibility index (Phi) is 4.62. The Hall–Kier alpha value is -0.150. The molecule has 0 aromatic carbocycles. The third kappa shape index (κ3) is 4.36. The molecule has 56 valence electrons. The molecule has 0 amide bonds. The highest BCUT2D eigenvalue weighted by Gasteiger charge is 2.06. The van der Waals surface area contributed by atoms with Crippen LogP contribution >= 0.6 is 0 Å². The summed E-state index contributed by atoms with van der Waals surface area (Å²) < 4.78 is 11.7. The molecule has 0 aliphatic heterocycles. The van der Waals surface area contributed by atoms with Crippen molar-refractivity contribution < 1.29 is 4.48 Å². The Balaban J connectivity index is 3.31. The van der Waals surface area contributed by atoms with Crippen LogP contribution in [-0.2, 0) is 0 Å². The molecule has 0 aliphatic carbocycles. The van der Waals surface area contributed by atoms with Gasteiger partial charge in [0.05, 0.1) is 0 Å². The van der Waals surface area contributed by atoms with Crippen LogP contribution in [0.15, 0.2) is 0 Å². The second-order valence-corrected chi connectivity index (χ2v) is 2.67. The summed E-state index contributed by atoms with van der Waals surface area (Å²) in [7, 11) is 0. The Morgan fingerprint density at radius 1 is 1.56 bits per heavy atom. The molecule has 0 rings (SSSR count). The van der Waals surface area contributed by atoms with Gasteiger partial charge in [-0.25, -0.2) is 0 Å². The van der Waals surface area contributed by atoms with Crippen molar-refractivity contribution in [3.8, 4) is 0 Å². The Morgan fingerprint density at radius 3 is 2.22 bits per heavy atom. The number of hydrogen-bond donors (Lipinski definition) is 2. The van der Waals surface area contributed by atoms with Crippen LogP contribution in [0.1, 0.15) is 20.3 Å². The van der Waals surface area contributed by atoms with Gasteiger partial charge in [-0.1, -0.05) is 13.8 Å².